The summed E-state index contributed by atoms with van der Waals surface area (Å²) in [5.74, 6) is 1.70. The number of likely N-dealkylation sites (tertiary alicyclic amines) is 1. The van der Waals surface area contributed by atoms with Gasteiger partial charge in [0.2, 0.25) is 0 Å². The SMILES string of the molecule is CC.CC(=O)C1CCN(C)C1.CC(C)=N.CC1CC2(CCNCC2)C1. The van der Waals surface area contributed by atoms with E-state index in [1.54, 1.807) is 20.8 Å². The summed E-state index contributed by atoms with van der Waals surface area (Å²) < 4.78 is 0. The molecule has 4 nitrogen and oxygen atoms in total. The molecule has 0 radical (unpaired) electrons. The van der Waals surface area contributed by atoms with Crippen LogP contribution in [0.1, 0.15) is 73.6 Å². The minimum absolute atomic E-state index is 0.329. The van der Waals surface area contributed by atoms with Gasteiger partial charge in [-0.2, -0.15) is 0 Å². The number of nitrogens with zero attached hydrogens (tertiary/aromatic N) is 1. The Morgan fingerprint density at radius 3 is 1.88 bits per heavy atom. The molecule has 0 bridgehead atoms. The molecule has 0 aromatic carbocycles. The van der Waals surface area contributed by atoms with Crippen LogP contribution in [0.2, 0.25) is 0 Å². The number of rotatable bonds is 1. The number of hydrogen-bond acceptors (Lipinski definition) is 4. The number of hydrogen-bond donors (Lipinski definition) is 2. The summed E-state index contributed by atoms with van der Waals surface area (Å²) >= 11 is 0. The molecule has 1 unspecified atom stereocenters. The van der Waals surface area contributed by atoms with Gasteiger partial charge >= 0.3 is 0 Å². The van der Waals surface area contributed by atoms with Crippen molar-refractivity contribution in [1.29, 1.82) is 5.41 Å². The minimum Gasteiger partial charge on any atom is -0.317 e. The van der Waals surface area contributed by atoms with Crippen molar-refractivity contribution in [2.24, 2.45) is 17.3 Å². The molecule has 0 aromatic rings. The molecule has 2 saturated heterocycles. The van der Waals surface area contributed by atoms with Gasteiger partial charge in [0, 0.05) is 18.2 Å². The third kappa shape index (κ3) is 10.1. The monoisotopic (exact) mass is 353 g/mol. The Morgan fingerprint density at radius 2 is 1.60 bits per heavy atom. The highest BCUT2D eigenvalue weighted by Crippen LogP contribution is 2.51. The average molecular weight is 354 g/mol. The van der Waals surface area contributed by atoms with Gasteiger partial charge < -0.3 is 15.6 Å². The molecule has 1 spiro atoms. The van der Waals surface area contributed by atoms with E-state index in [9.17, 15) is 4.79 Å². The van der Waals surface area contributed by atoms with Gasteiger partial charge in [0.1, 0.15) is 5.78 Å². The van der Waals surface area contributed by atoms with E-state index < -0.39 is 0 Å². The summed E-state index contributed by atoms with van der Waals surface area (Å²) in [6, 6.07) is 0. The molecule has 2 heterocycles. The topological polar surface area (TPSA) is 56.2 Å². The van der Waals surface area contributed by atoms with E-state index in [0.717, 1.165) is 30.8 Å². The first-order valence-electron chi connectivity index (χ1n) is 10.2. The van der Waals surface area contributed by atoms with Crippen molar-refractivity contribution in [3.63, 3.8) is 0 Å². The smallest absolute Gasteiger partial charge is 0.134 e. The Morgan fingerprint density at radius 1 is 1.12 bits per heavy atom. The zero-order valence-electron chi connectivity index (χ0n) is 17.9. The van der Waals surface area contributed by atoms with E-state index in [2.05, 4.69) is 24.2 Å². The van der Waals surface area contributed by atoms with Crippen LogP contribution in [0.25, 0.3) is 0 Å². The number of ketones is 1. The first-order valence-corrected chi connectivity index (χ1v) is 10.2. The maximum Gasteiger partial charge on any atom is 0.134 e. The number of carbonyl (C=O) groups is 1. The number of piperidine rings is 1. The van der Waals surface area contributed by atoms with Crippen LogP contribution in [0.5, 0.6) is 0 Å². The van der Waals surface area contributed by atoms with Crippen LogP contribution < -0.4 is 5.32 Å². The molecular formula is C21H43N3O. The summed E-state index contributed by atoms with van der Waals surface area (Å²) in [6.07, 6.45) is 6.96. The Kier molecular flexibility index (Phi) is 12.2. The minimum atomic E-state index is 0.329. The largest absolute Gasteiger partial charge is 0.317 e. The van der Waals surface area contributed by atoms with Gasteiger partial charge in [-0.1, -0.05) is 20.8 Å². The second kappa shape index (κ2) is 12.6. The van der Waals surface area contributed by atoms with Crippen LogP contribution in [0, 0.1) is 22.7 Å². The molecule has 1 saturated carbocycles. The Bertz CT molecular complexity index is 369. The highest BCUT2D eigenvalue weighted by molar-refractivity contribution is 5.78. The molecule has 3 aliphatic rings. The van der Waals surface area contributed by atoms with E-state index in [4.69, 9.17) is 5.41 Å². The van der Waals surface area contributed by atoms with Crippen LogP contribution in [0.4, 0.5) is 0 Å². The van der Waals surface area contributed by atoms with Crippen molar-refractivity contribution in [2.45, 2.75) is 73.6 Å². The summed E-state index contributed by atoms with van der Waals surface area (Å²) in [6.45, 7) is 16.2. The van der Waals surface area contributed by atoms with Gasteiger partial charge in [0.05, 0.1) is 0 Å². The second-order valence-corrected chi connectivity index (χ2v) is 8.12. The van der Waals surface area contributed by atoms with E-state index in [-0.39, 0.29) is 0 Å². The fraction of sp³-hybridized carbons (Fsp3) is 0.905. The van der Waals surface area contributed by atoms with Gasteiger partial charge in [-0.25, -0.2) is 0 Å². The van der Waals surface area contributed by atoms with Gasteiger partial charge in [-0.3, -0.25) is 4.79 Å². The lowest BCUT2D eigenvalue weighted by atomic mass is 9.58. The summed E-state index contributed by atoms with van der Waals surface area (Å²) in [5.41, 5.74) is 1.48. The number of Topliss-reactive ketones (excluding diaryl/α,β-unsaturated/α-hetero) is 1. The fourth-order valence-corrected chi connectivity index (χ4v) is 4.05. The quantitative estimate of drug-likeness (QED) is 0.688. The number of nitrogens with one attached hydrogen (secondary N) is 2. The zero-order chi connectivity index (χ0) is 19.5. The molecule has 1 atom stereocenters. The lowest BCUT2D eigenvalue weighted by molar-refractivity contribution is -0.120. The second-order valence-electron chi connectivity index (χ2n) is 8.12. The summed E-state index contributed by atoms with van der Waals surface area (Å²) in [5, 5.41) is 9.92. The summed E-state index contributed by atoms with van der Waals surface area (Å²) in [7, 11) is 2.06. The van der Waals surface area contributed by atoms with Crippen molar-refractivity contribution < 1.29 is 4.79 Å². The maximum atomic E-state index is 10.8. The van der Waals surface area contributed by atoms with Crippen molar-refractivity contribution >= 4 is 11.5 Å². The van der Waals surface area contributed by atoms with Crippen molar-refractivity contribution in [1.82, 2.24) is 10.2 Å². The molecule has 4 heteroatoms. The van der Waals surface area contributed by atoms with E-state index in [1.807, 2.05) is 13.8 Å². The summed E-state index contributed by atoms with van der Waals surface area (Å²) in [4.78, 5) is 13.0. The number of carbonyl (C=O) groups excluding carboxylic acids is 1. The Balaban J connectivity index is 0.000000356. The molecule has 148 valence electrons. The molecule has 1 aliphatic carbocycles. The van der Waals surface area contributed by atoms with Gasteiger partial charge in [-0.15, -0.1) is 0 Å². The van der Waals surface area contributed by atoms with Gasteiger partial charge in [0.25, 0.3) is 0 Å². The molecule has 25 heavy (non-hydrogen) atoms. The lowest BCUT2D eigenvalue weighted by Crippen LogP contribution is -2.44. The highest BCUT2D eigenvalue weighted by atomic mass is 16.1. The molecule has 0 amide bonds. The van der Waals surface area contributed by atoms with Crippen LogP contribution >= 0.6 is 0 Å². The molecule has 2 N–H and O–H groups in total. The van der Waals surface area contributed by atoms with Crippen molar-refractivity contribution in [3.8, 4) is 0 Å². The zero-order valence-corrected chi connectivity index (χ0v) is 17.9. The van der Waals surface area contributed by atoms with Crippen LogP contribution in [-0.4, -0.2) is 49.6 Å². The first kappa shape index (κ1) is 24.3. The Hall–Kier alpha value is -0.740. The predicted molar refractivity (Wildman–Crippen MR) is 110 cm³/mol. The van der Waals surface area contributed by atoms with Gasteiger partial charge in [-0.05, 0) is 90.9 Å². The Labute approximate surface area is 156 Å². The lowest BCUT2D eigenvalue weighted by Gasteiger charge is -2.49. The molecular weight excluding hydrogens is 310 g/mol. The fourth-order valence-electron chi connectivity index (χ4n) is 4.05. The molecule has 0 aromatic heterocycles. The van der Waals surface area contributed by atoms with E-state index in [1.165, 1.54) is 38.8 Å². The molecule has 2 aliphatic heterocycles. The van der Waals surface area contributed by atoms with Crippen LogP contribution in [-0.2, 0) is 4.79 Å². The first-order chi connectivity index (χ1) is 11.7. The standard InChI is InChI=1S/C9H17N.C7H13NO.C3H7N.C2H6/c1-8-6-9(7-8)2-4-10-5-3-9;1-6(9)7-3-4-8(2)5-7;1-3(2)4;1-2/h8,10H,2-7H2,1H3;7H,3-5H2,1-2H3;4H,1-2H3;1-2H3. The third-order valence-corrected chi connectivity index (χ3v) is 5.19. The molecule has 3 rings (SSSR count). The van der Waals surface area contributed by atoms with Crippen molar-refractivity contribution in [3.05, 3.63) is 0 Å². The third-order valence-electron chi connectivity index (χ3n) is 5.19. The normalized spacial score (nSPS) is 24.5. The molecule has 3 fully saturated rings. The van der Waals surface area contributed by atoms with Crippen molar-refractivity contribution in [2.75, 3.05) is 33.2 Å². The van der Waals surface area contributed by atoms with Crippen LogP contribution in [0.3, 0.4) is 0 Å². The average Bonchev–Trinajstić information content (AvgIpc) is 2.96. The van der Waals surface area contributed by atoms with Crippen LogP contribution in [0.15, 0.2) is 0 Å². The van der Waals surface area contributed by atoms with Gasteiger partial charge in [0.15, 0.2) is 0 Å². The van der Waals surface area contributed by atoms with E-state index >= 15 is 0 Å². The maximum absolute atomic E-state index is 10.8. The van der Waals surface area contributed by atoms with E-state index in [0.29, 0.717) is 17.4 Å². The highest BCUT2D eigenvalue weighted by Gasteiger charge is 2.41. The predicted octanol–water partition coefficient (Wildman–Crippen LogP) is 4.39.